The van der Waals surface area contributed by atoms with E-state index < -0.39 is 11.9 Å². The monoisotopic (exact) mass is 599 g/mol. The number of Topliss-reactive ketones (excluding diaryl/α,β-unsaturated/α-hetero) is 1. The molecule has 2 amide bonds. The van der Waals surface area contributed by atoms with Gasteiger partial charge in [-0.15, -0.1) is 0 Å². The van der Waals surface area contributed by atoms with Crippen LogP contribution in [0.5, 0.6) is 5.75 Å². The van der Waals surface area contributed by atoms with Crippen LogP contribution in [0.1, 0.15) is 68.7 Å². The van der Waals surface area contributed by atoms with E-state index in [0.29, 0.717) is 35.7 Å². The second-order valence-electron chi connectivity index (χ2n) is 10.5. The Kier molecular flexibility index (Phi) is 12.0. The van der Waals surface area contributed by atoms with Crippen LogP contribution in [0.25, 0.3) is 11.3 Å². The van der Waals surface area contributed by atoms with E-state index in [1.54, 1.807) is 30.5 Å². The fraction of sp³-hybridized carbons (Fsp3) is 0.294. The van der Waals surface area contributed by atoms with E-state index in [-0.39, 0.29) is 17.7 Å². The molecule has 0 saturated heterocycles. The second kappa shape index (κ2) is 15.6. The second-order valence-corrected chi connectivity index (χ2v) is 10.5. The van der Waals surface area contributed by atoms with Crippen LogP contribution in [0.4, 0.5) is 0 Å². The number of methoxy groups -OCH3 is 1. The van der Waals surface area contributed by atoms with Crippen molar-refractivity contribution in [2.75, 3.05) is 14.2 Å². The third-order valence-electron chi connectivity index (χ3n) is 7.35. The first-order chi connectivity index (χ1) is 21.1. The largest absolute Gasteiger partial charge is 0.496 e. The van der Waals surface area contributed by atoms with Crippen molar-refractivity contribution >= 4 is 17.6 Å². The van der Waals surface area contributed by atoms with Gasteiger partial charge in [-0.25, -0.2) is 4.98 Å². The maximum Gasteiger partial charge on any atom is 0.248 e. The summed E-state index contributed by atoms with van der Waals surface area (Å²) < 4.78 is 5.33. The Labute approximate surface area is 258 Å². The predicted octanol–water partition coefficient (Wildman–Crippen LogP) is 4.19. The molecule has 4 rings (SSSR count). The average Bonchev–Trinajstić information content (AvgIpc) is 3.52. The number of H-pyrrole nitrogens is 1. The highest BCUT2D eigenvalue weighted by atomic mass is 16.5. The molecule has 6 N–H and O–H groups in total. The van der Waals surface area contributed by atoms with E-state index >= 15 is 0 Å². The van der Waals surface area contributed by atoms with Gasteiger partial charge >= 0.3 is 0 Å². The van der Waals surface area contributed by atoms with Crippen LogP contribution in [-0.2, 0) is 17.8 Å². The highest BCUT2D eigenvalue weighted by Gasteiger charge is 2.24. The minimum absolute atomic E-state index is 0.106. The molecule has 4 aromatic rings. The third-order valence-corrected chi connectivity index (χ3v) is 7.35. The molecule has 2 unspecified atom stereocenters. The minimum atomic E-state index is -0.629. The first-order valence-corrected chi connectivity index (χ1v) is 14.2. The Morgan fingerprint density at radius 2 is 1.68 bits per heavy atom. The van der Waals surface area contributed by atoms with Crippen molar-refractivity contribution in [1.29, 1.82) is 0 Å². The van der Waals surface area contributed by atoms with Gasteiger partial charge in [0, 0.05) is 19.2 Å². The van der Waals surface area contributed by atoms with Gasteiger partial charge in [0.15, 0.2) is 5.78 Å². The van der Waals surface area contributed by atoms with Gasteiger partial charge in [-0.2, -0.15) is 0 Å². The normalized spacial score (nSPS) is 12.0. The number of rotatable bonds is 12. The number of carbonyl (C=O) groups excluding carboxylic acids is 3. The van der Waals surface area contributed by atoms with Crippen molar-refractivity contribution in [2.45, 2.75) is 52.7 Å². The first-order valence-electron chi connectivity index (χ1n) is 14.2. The summed E-state index contributed by atoms with van der Waals surface area (Å²) in [4.78, 5) is 45.5. The maximum atomic E-state index is 13.7. The molecular weight excluding hydrogens is 558 g/mol. The standard InChI is InChI=1S/C33H37N5O4.CH4O/c1-19-13-25(31(34)40)14-20(2)26(19)16-28(35-17-23-11-12-30(42-5)27(15-23)22(4)39)33(41)37-21(3)32-36-18-29(38-32)24-9-7-6-8-10-24;1-2/h6-15,18,21,28,35H,16-17H2,1-5H3,(H2,34,40)(H,36,38)(H,37,41);2H,1H3. The molecule has 0 aliphatic rings. The number of aromatic amines is 1. The van der Waals surface area contributed by atoms with Crippen molar-refractivity contribution in [3.05, 3.63) is 106 Å². The number of nitrogens with zero attached hydrogens (tertiary/aromatic N) is 1. The van der Waals surface area contributed by atoms with Crippen molar-refractivity contribution in [2.24, 2.45) is 5.73 Å². The highest BCUT2D eigenvalue weighted by Crippen LogP contribution is 2.23. The number of primary amides is 1. The van der Waals surface area contributed by atoms with Gasteiger partial charge < -0.3 is 31.2 Å². The van der Waals surface area contributed by atoms with Crippen LogP contribution in [0.2, 0.25) is 0 Å². The number of ketones is 1. The lowest BCUT2D eigenvalue weighted by atomic mass is 9.93. The number of imidazole rings is 1. The predicted molar refractivity (Wildman–Crippen MR) is 170 cm³/mol. The van der Waals surface area contributed by atoms with E-state index in [0.717, 1.165) is 40.6 Å². The number of ether oxygens (including phenoxy) is 1. The van der Waals surface area contributed by atoms with Crippen molar-refractivity contribution in [3.8, 4) is 17.0 Å². The Balaban J connectivity index is 0.00000259. The Hall–Kier alpha value is -4.80. The number of aliphatic hydroxyl groups is 1. The number of aromatic nitrogens is 2. The fourth-order valence-electron chi connectivity index (χ4n) is 5.00. The number of carbonyl (C=O) groups is 3. The van der Waals surface area contributed by atoms with Crippen LogP contribution in [0.3, 0.4) is 0 Å². The van der Waals surface area contributed by atoms with Gasteiger partial charge in [-0.3, -0.25) is 14.4 Å². The molecule has 0 saturated carbocycles. The molecule has 0 radical (unpaired) electrons. The summed E-state index contributed by atoms with van der Waals surface area (Å²) in [6.07, 6.45) is 2.13. The fourth-order valence-corrected chi connectivity index (χ4v) is 5.00. The summed E-state index contributed by atoms with van der Waals surface area (Å²) in [5.74, 6) is 0.330. The van der Waals surface area contributed by atoms with E-state index in [1.165, 1.54) is 14.0 Å². The molecular formula is C34H41N5O5. The third kappa shape index (κ3) is 8.40. The van der Waals surface area contributed by atoms with Crippen LogP contribution in [-0.4, -0.2) is 52.9 Å². The number of amides is 2. The lowest BCUT2D eigenvalue weighted by Crippen LogP contribution is -2.46. The molecule has 10 heteroatoms. The Bertz CT molecular complexity index is 1580. The molecule has 2 atom stereocenters. The molecule has 0 bridgehead atoms. The van der Waals surface area contributed by atoms with Crippen LogP contribution >= 0.6 is 0 Å². The smallest absolute Gasteiger partial charge is 0.248 e. The summed E-state index contributed by atoms with van der Waals surface area (Å²) >= 11 is 0. The van der Waals surface area contributed by atoms with E-state index in [1.807, 2.05) is 57.2 Å². The molecule has 0 fully saturated rings. The number of nitrogens with one attached hydrogen (secondary N) is 3. The van der Waals surface area contributed by atoms with Gasteiger partial charge in [0.2, 0.25) is 11.8 Å². The number of benzene rings is 3. The Morgan fingerprint density at radius 1 is 1.02 bits per heavy atom. The summed E-state index contributed by atoms with van der Waals surface area (Å²) in [7, 11) is 2.53. The molecule has 3 aromatic carbocycles. The van der Waals surface area contributed by atoms with Crippen LogP contribution < -0.4 is 21.1 Å². The number of nitrogens with two attached hydrogens (primary N) is 1. The van der Waals surface area contributed by atoms with Gasteiger partial charge in [-0.1, -0.05) is 36.4 Å². The quantitative estimate of drug-likeness (QED) is 0.153. The molecule has 0 aliphatic heterocycles. The van der Waals surface area contributed by atoms with Gasteiger partial charge in [0.05, 0.1) is 36.6 Å². The summed E-state index contributed by atoms with van der Waals surface area (Å²) in [5, 5.41) is 13.5. The zero-order valence-electron chi connectivity index (χ0n) is 26.0. The SMILES string of the molecule is CO.COc1ccc(CNC(Cc2c(C)cc(C(N)=O)cc2C)C(=O)NC(C)c2ncc(-c3ccccc3)[nH]2)cc1C(C)=O. The minimum Gasteiger partial charge on any atom is -0.496 e. The van der Waals surface area contributed by atoms with Crippen LogP contribution in [0, 0.1) is 13.8 Å². The topological polar surface area (TPSA) is 159 Å². The van der Waals surface area contributed by atoms with Gasteiger partial charge in [0.25, 0.3) is 0 Å². The molecule has 44 heavy (non-hydrogen) atoms. The molecule has 10 nitrogen and oxygen atoms in total. The lowest BCUT2D eigenvalue weighted by molar-refractivity contribution is -0.123. The molecule has 232 valence electrons. The van der Waals surface area contributed by atoms with Crippen molar-refractivity contribution in [3.63, 3.8) is 0 Å². The summed E-state index contributed by atoms with van der Waals surface area (Å²) in [6, 6.07) is 17.7. The zero-order valence-corrected chi connectivity index (χ0v) is 26.0. The maximum absolute atomic E-state index is 13.7. The number of aryl methyl sites for hydroxylation is 2. The van der Waals surface area contributed by atoms with Crippen molar-refractivity contribution in [1.82, 2.24) is 20.6 Å². The average molecular weight is 600 g/mol. The zero-order chi connectivity index (χ0) is 32.4. The van der Waals surface area contributed by atoms with Crippen molar-refractivity contribution < 1.29 is 24.2 Å². The molecule has 0 aliphatic carbocycles. The summed E-state index contributed by atoms with van der Waals surface area (Å²) in [5.41, 5.74) is 11.8. The Morgan fingerprint density at radius 3 is 2.27 bits per heavy atom. The molecule has 1 heterocycles. The number of aliphatic hydroxyl groups excluding tert-OH is 1. The van der Waals surface area contributed by atoms with E-state index in [2.05, 4.69) is 20.6 Å². The number of hydrogen-bond donors (Lipinski definition) is 5. The van der Waals surface area contributed by atoms with Crippen LogP contribution in [0.15, 0.2) is 66.9 Å². The van der Waals surface area contributed by atoms with Gasteiger partial charge in [-0.05, 0) is 86.2 Å². The molecule has 1 aromatic heterocycles. The van der Waals surface area contributed by atoms with E-state index in [9.17, 15) is 14.4 Å². The highest BCUT2D eigenvalue weighted by molar-refractivity contribution is 5.97. The molecule has 0 spiro atoms. The lowest BCUT2D eigenvalue weighted by Gasteiger charge is -2.23. The summed E-state index contributed by atoms with van der Waals surface area (Å²) in [6.45, 7) is 7.52. The first kappa shape index (κ1) is 33.7. The van der Waals surface area contributed by atoms with E-state index in [4.69, 9.17) is 15.6 Å². The van der Waals surface area contributed by atoms with Gasteiger partial charge in [0.1, 0.15) is 11.6 Å². The number of hydrogen-bond acceptors (Lipinski definition) is 7.